The number of nitrogens with one attached hydrogen (secondary N) is 1. The summed E-state index contributed by atoms with van der Waals surface area (Å²) in [5, 5.41) is 2.75. The van der Waals surface area contributed by atoms with Gasteiger partial charge < -0.3 is 20.7 Å². The van der Waals surface area contributed by atoms with Crippen LogP contribution in [-0.4, -0.2) is 55.6 Å². The molecule has 0 unspecified atom stereocenters. The Balaban J connectivity index is 2.54. The molecule has 1 aliphatic rings. The maximum Gasteiger partial charge on any atom is 0.233 e. The van der Waals surface area contributed by atoms with Gasteiger partial charge in [0.15, 0.2) is 0 Å². The fourth-order valence-corrected chi connectivity index (χ4v) is 2.28. The highest BCUT2D eigenvalue weighted by Crippen LogP contribution is 2.31. The maximum atomic E-state index is 12.3. The van der Waals surface area contributed by atoms with Gasteiger partial charge in [0, 0.05) is 40.3 Å². The summed E-state index contributed by atoms with van der Waals surface area (Å²) < 4.78 is 5.24. The van der Waals surface area contributed by atoms with Crippen molar-refractivity contribution in [2.75, 3.05) is 33.9 Å². The van der Waals surface area contributed by atoms with Gasteiger partial charge >= 0.3 is 0 Å². The highest BCUT2D eigenvalue weighted by molar-refractivity contribution is 7.80. The summed E-state index contributed by atoms with van der Waals surface area (Å²) in [6.07, 6.45) is 1.26. The Labute approximate surface area is 118 Å². The van der Waals surface area contributed by atoms with Crippen LogP contribution >= 0.6 is 12.2 Å². The fraction of sp³-hybridized carbons (Fsp3) is 0.750. The van der Waals surface area contributed by atoms with Crippen molar-refractivity contribution in [3.63, 3.8) is 0 Å². The van der Waals surface area contributed by atoms with Gasteiger partial charge in [-0.15, -0.1) is 0 Å². The third-order valence-corrected chi connectivity index (χ3v) is 3.77. The van der Waals surface area contributed by atoms with Crippen LogP contribution < -0.4 is 11.1 Å². The van der Waals surface area contributed by atoms with Gasteiger partial charge in [0.05, 0.1) is 4.99 Å². The van der Waals surface area contributed by atoms with Gasteiger partial charge in [0.25, 0.3) is 0 Å². The number of ether oxygens (including phenoxy) is 1. The number of thiocarbonyl (C=S) groups is 1. The van der Waals surface area contributed by atoms with Crippen molar-refractivity contribution in [2.45, 2.75) is 19.3 Å². The van der Waals surface area contributed by atoms with Crippen LogP contribution in [0.5, 0.6) is 0 Å². The molecule has 0 aromatic carbocycles. The van der Waals surface area contributed by atoms with Crippen LogP contribution in [-0.2, 0) is 14.3 Å². The molecular weight excluding hydrogens is 266 g/mol. The average molecular weight is 287 g/mol. The number of nitrogens with zero attached hydrogens (tertiary/aromatic N) is 1. The summed E-state index contributed by atoms with van der Waals surface area (Å²) in [6, 6.07) is 0. The van der Waals surface area contributed by atoms with Crippen molar-refractivity contribution < 1.29 is 14.3 Å². The van der Waals surface area contributed by atoms with Crippen molar-refractivity contribution >= 4 is 29.0 Å². The van der Waals surface area contributed by atoms with Gasteiger partial charge in [-0.1, -0.05) is 12.2 Å². The Morgan fingerprint density at radius 3 is 2.42 bits per heavy atom. The van der Waals surface area contributed by atoms with Crippen molar-refractivity contribution in [2.24, 2.45) is 11.1 Å². The molecule has 0 radical (unpaired) electrons. The number of nitrogens with two attached hydrogens (primary N) is 1. The van der Waals surface area contributed by atoms with Crippen molar-refractivity contribution in [1.82, 2.24) is 10.2 Å². The normalized spacial score (nSPS) is 17.6. The molecule has 7 heteroatoms. The smallest absolute Gasteiger partial charge is 0.233 e. The SMILES string of the molecule is CN(C)C(=O)CCNC(=O)C1(C(N)=S)CCOCC1. The molecule has 3 N–H and O–H groups in total. The first-order chi connectivity index (χ1) is 8.90. The van der Waals surface area contributed by atoms with E-state index in [1.165, 1.54) is 4.90 Å². The summed E-state index contributed by atoms with van der Waals surface area (Å²) in [6.45, 7) is 1.24. The Morgan fingerprint density at radius 1 is 1.37 bits per heavy atom. The molecule has 19 heavy (non-hydrogen) atoms. The zero-order chi connectivity index (χ0) is 14.5. The molecule has 0 spiro atoms. The lowest BCUT2D eigenvalue weighted by molar-refractivity contribution is -0.132. The van der Waals surface area contributed by atoms with E-state index in [-0.39, 0.29) is 23.2 Å². The number of amides is 2. The van der Waals surface area contributed by atoms with Crippen molar-refractivity contribution in [3.05, 3.63) is 0 Å². The minimum Gasteiger partial charge on any atom is -0.392 e. The van der Waals surface area contributed by atoms with E-state index >= 15 is 0 Å². The molecule has 0 atom stereocenters. The number of carbonyl (C=O) groups is 2. The zero-order valence-electron chi connectivity index (χ0n) is 11.4. The molecule has 0 aromatic rings. The largest absolute Gasteiger partial charge is 0.392 e. The number of hydrogen-bond donors (Lipinski definition) is 2. The molecule has 0 bridgehead atoms. The Morgan fingerprint density at radius 2 is 1.95 bits per heavy atom. The van der Waals surface area contributed by atoms with Crippen LogP contribution in [0.25, 0.3) is 0 Å². The first-order valence-corrected chi connectivity index (χ1v) is 6.67. The Hall–Kier alpha value is -1.21. The van der Waals surface area contributed by atoms with Gasteiger partial charge in [0.1, 0.15) is 5.41 Å². The van der Waals surface area contributed by atoms with E-state index in [0.29, 0.717) is 32.6 Å². The van der Waals surface area contributed by atoms with Crippen LogP contribution in [0.4, 0.5) is 0 Å². The van der Waals surface area contributed by atoms with Gasteiger partial charge in [-0.25, -0.2) is 0 Å². The summed E-state index contributed by atoms with van der Waals surface area (Å²) in [4.78, 5) is 25.4. The molecule has 0 aliphatic carbocycles. The molecule has 6 nitrogen and oxygen atoms in total. The van der Waals surface area contributed by atoms with Crippen LogP contribution in [0.15, 0.2) is 0 Å². The highest BCUT2D eigenvalue weighted by Gasteiger charge is 2.42. The lowest BCUT2D eigenvalue weighted by Gasteiger charge is -2.34. The van der Waals surface area contributed by atoms with Crippen molar-refractivity contribution in [3.8, 4) is 0 Å². The molecule has 1 heterocycles. The van der Waals surface area contributed by atoms with E-state index in [9.17, 15) is 9.59 Å². The van der Waals surface area contributed by atoms with E-state index in [1.54, 1.807) is 14.1 Å². The quantitative estimate of drug-likeness (QED) is 0.676. The maximum absolute atomic E-state index is 12.3. The zero-order valence-corrected chi connectivity index (χ0v) is 12.2. The minimum atomic E-state index is -0.825. The second-order valence-corrected chi connectivity index (χ2v) is 5.29. The average Bonchev–Trinajstić information content (AvgIpc) is 2.38. The van der Waals surface area contributed by atoms with Crippen LogP contribution in [0.2, 0.25) is 0 Å². The van der Waals surface area contributed by atoms with Gasteiger partial charge in [-0.05, 0) is 12.8 Å². The van der Waals surface area contributed by atoms with Gasteiger partial charge in [-0.3, -0.25) is 9.59 Å². The Bertz CT molecular complexity index is 365. The van der Waals surface area contributed by atoms with Crippen LogP contribution in [0.3, 0.4) is 0 Å². The topological polar surface area (TPSA) is 84.7 Å². The summed E-state index contributed by atoms with van der Waals surface area (Å²) in [7, 11) is 3.36. The standard InChI is InChI=1S/C12H21N3O3S/c1-15(2)9(16)3-6-14-11(17)12(10(13)19)4-7-18-8-5-12/h3-8H2,1-2H3,(H2,13,19)(H,14,17). The molecule has 1 rings (SSSR count). The predicted molar refractivity (Wildman–Crippen MR) is 75.6 cm³/mol. The molecular formula is C12H21N3O3S. The first kappa shape index (κ1) is 15.8. The predicted octanol–water partition coefficient (Wildman–Crippen LogP) is -0.336. The molecule has 1 saturated heterocycles. The fourth-order valence-electron chi connectivity index (χ4n) is 1.98. The van der Waals surface area contributed by atoms with Crippen LogP contribution in [0, 0.1) is 5.41 Å². The summed E-state index contributed by atoms with van der Waals surface area (Å²) >= 11 is 5.03. The second-order valence-electron chi connectivity index (χ2n) is 4.85. The number of rotatable bonds is 5. The monoisotopic (exact) mass is 287 g/mol. The summed E-state index contributed by atoms with van der Waals surface area (Å²) in [5.74, 6) is -0.230. The lowest BCUT2D eigenvalue weighted by atomic mass is 9.79. The van der Waals surface area contributed by atoms with Crippen LogP contribution in [0.1, 0.15) is 19.3 Å². The van der Waals surface area contributed by atoms with Gasteiger partial charge in [-0.2, -0.15) is 0 Å². The van der Waals surface area contributed by atoms with E-state index in [0.717, 1.165) is 0 Å². The molecule has 1 aliphatic heterocycles. The third kappa shape index (κ3) is 3.87. The molecule has 0 aromatic heterocycles. The van der Waals surface area contributed by atoms with E-state index < -0.39 is 5.41 Å². The van der Waals surface area contributed by atoms with E-state index in [4.69, 9.17) is 22.7 Å². The lowest BCUT2D eigenvalue weighted by Crippen LogP contribution is -2.52. The van der Waals surface area contributed by atoms with Crippen molar-refractivity contribution in [1.29, 1.82) is 0 Å². The molecule has 0 saturated carbocycles. The number of carbonyl (C=O) groups excluding carboxylic acids is 2. The Kier molecular flexibility index (Phi) is 5.68. The first-order valence-electron chi connectivity index (χ1n) is 6.26. The third-order valence-electron chi connectivity index (χ3n) is 3.38. The summed E-state index contributed by atoms with van der Waals surface area (Å²) in [5.41, 5.74) is 4.90. The number of hydrogen-bond acceptors (Lipinski definition) is 4. The minimum absolute atomic E-state index is 0.0309. The van der Waals surface area contributed by atoms with E-state index in [1.807, 2.05) is 0 Å². The second kappa shape index (κ2) is 6.81. The highest BCUT2D eigenvalue weighted by atomic mass is 32.1. The van der Waals surface area contributed by atoms with E-state index in [2.05, 4.69) is 5.32 Å². The molecule has 108 valence electrons. The molecule has 1 fully saturated rings. The molecule has 2 amide bonds. The van der Waals surface area contributed by atoms with Gasteiger partial charge in [0.2, 0.25) is 11.8 Å².